The molecule has 3 heteroatoms. The summed E-state index contributed by atoms with van der Waals surface area (Å²) in [5.74, 6) is 1.99. The summed E-state index contributed by atoms with van der Waals surface area (Å²) in [6.07, 6.45) is 0. The maximum absolute atomic E-state index is 8.40. The molecule has 2 nitrogen and oxygen atoms in total. The molecule has 3 rings (SSSR count). The van der Waals surface area contributed by atoms with E-state index >= 15 is 0 Å². The average molecular weight is 373 g/mol. The third-order valence-corrected chi connectivity index (χ3v) is 4.31. The molecule has 139 valence electrons. The second-order valence-corrected chi connectivity index (χ2v) is 6.98. The van der Waals surface area contributed by atoms with E-state index in [2.05, 4.69) is 64.1 Å². The van der Waals surface area contributed by atoms with Gasteiger partial charge in [0.15, 0.2) is 0 Å². The third-order valence-electron chi connectivity index (χ3n) is 4.31. The van der Waals surface area contributed by atoms with Crippen molar-refractivity contribution in [1.29, 1.82) is 0 Å². The molecule has 0 saturated heterocycles. The minimum atomic E-state index is 0. The van der Waals surface area contributed by atoms with Gasteiger partial charge >= 0.3 is 0 Å². The number of fused-ring (bicyclic) bond motifs is 1. The van der Waals surface area contributed by atoms with Crippen molar-refractivity contribution in [3.8, 4) is 5.75 Å². The van der Waals surface area contributed by atoms with E-state index in [1.165, 1.54) is 21.9 Å². The van der Waals surface area contributed by atoms with Crippen LogP contribution < -0.4 is 4.74 Å². The molecule has 0 heterocycles. The summed E-state index contributed by atoms with van der Waals surface area (Å²) >= 11 is 0. The van der Waals surface area contributed by atoms with Gasteiger partial charge in [0.1, 0.15) is 12.4 Å². The van der Waals surface area contributed by atoms with E-state index in [0.29, 0.717) is 18.4 Å². The molecular formula is C24H30NaO2. The monoisotopic (exact) mass is 373 g/mol. The molecule has 0 bridgehead atoms. The molecule has 0 aliphatic rings. The fraction of sp³-hybridized carbons (Fsp3) is 0.333. The molecule has 3 aromatic rings. The Balaban J connectivity index is 0.000000288. The minimum Gasteiger partial charge on any atom is -0.491 e. The number of aliphatic hydroxyl groups is 1. The molecule has 0 atom stereocenters. The number of hydrogen-bond donors (Lipinski definition) is 1. The van der Waals surface area contributed by atoms with Crippen LogP contribution in [0.2, 0.25) is 0 Å². The molecule has 1 radical (unpaired) electrons. The van der Waals surface area contributed by atoms with Crippen LogP contribution >= 0.6 is 0 Å². The molecule has 1 N–H and O–H groups in total. The van der Waals surface area contributed by atoms with Gasteiger partial charge in [0.05, 0.1) is 6.61 Å². The molecule has 27 heavy (non-hydrogen) atoms. The molecule has 0 aliphatic carbocycles. The third kappa shape index (κ3) is 6.97. The molecule has 0 fully saturated rings. The van der Waals surface area contributed by atoms with Crippen LogP contribution in [0.5, 0.6) is 5.75 Å². The predicted molar refractivity (Wildman–Crippen MR) is 117 cm³/mol. The zero-order chi connectivity index (χ0) is 18.9. The van der Waals surface area contributed by atoms with Crippen LogP contribution in [0.15, 0.2) is 66.7 Å². The van der Waals surface area contributed by atoms with Gasteiger partial charge in [-0.15, -0.1) is 0 Å². The first-order chi connectivity index (χ1) is 12.5. The maximum Gasteiger partial charge on any atom is 0.119 e. The van der Waals surface area contributed by atoms with Gasteiger partial charge in [0, 0.05) is 29.6 Å². The first kappa shape index (κ1) is 23.7. The Morgan fingerprint density at radius 2 is 1.41 bits per heavy atom. The van der Waals surface area contributed by atoms with E-state index in [4.69, 9.17) is 9.84 Å². The van der Waals surface area contributed by atoms with Crippen LogP contribution in [-0.2, 0) is 0 Å². The molecule has 0 amide bonds. The molecule has 0 aromatic heterocycles. The quantitative estimate of drug-likeness (QED) is 0.576. The van der Waals surface area contributed by atoms with Crippen molar-refractivity contribution in [1.82, 2.24) is 0 Å². The Labute approximate surface area is 185 Å². The summed E-state index contributed by atoms with van der Waals surface area (Å²) in [5, 5.41) is 11.2. The second kappa shape index (κ2) is 12.2. The van der Waals surface area contributed by atoms with Gasteiger partial charge in [-0.25, -0.2) is 0 Å². The maximum atomic E-state index is 8.40. The summed E-state index contributed by atoms with van der Waals surface area (Å²) in [6.45, 7) is 9.55. The van der Waals surface area contributed by atoms with Crippen molar-refractivity contribution in [3.63, 3.8) is 0 Å². The van der Waals surface area contributed by atoms with Crippen LogP contribution in [-0.4, -0.2) is 47.9 Å². The van der Waals surface area contributed by atoms with E-state index in [9.17, 15) is 0 Å². The Hall–Kier alpha value is -1.32. The number of aliphatic hydroxyl groups excluding tert-OH is 1. The Bertz CT molecular complexity index is 798. The van der Waals surface area contributed by atoms with Gasteiger partial charge in [-0.2, -0.15) is 0 Å². The number of benzene rings is 3. The Kier molecular flexibility index (Phi) is 10.7. The van der Waals surface area contributed by atoms with Crippen LogP contribution in [0, 0.1) is 0 Å². The van der Waals surface area contributed by atoms with E-state index in [-0.39, 0.29) is 36.2 Å². The summed E-state index contributed by atoms with van der Waals surface area (Å²) in [7, 11) is 0. The van der Waals surface area contributed by atoms with E-state index in [1.54, 1.807) is 0 Å². The van der Waals surface area contributed by atoms with Crippen molar-refractivity contribution < 1.29 is 9.84 Å². The van der Waals surface area contributed by atoms with Crippen LogP contribution in [0.4, 0.5) is 0 Å². The van der Waals surface area contributed by atoms with Crippen molar-refractivity contribution >= 4 is 40.3 Å². The molecule has 3 aromatic carbocycles. The summed E-state index contributed by atoms with van der Waals surface area (Å²) in [4.78, 5) is 0. The van der Waals surface area contributed by atoms with E-state index in [1.807, 2.05) is 30.3 Å². The Morgan fingerprint density at radius 3 is 2.00 bits per heavy atom. The van der Waals surface area contributed by atoms with Crippen molar-refractivity contribution in [2.75, 3.05) is 13.2 Å². The minimum absolute atomic E-state index is 0. The molecule has 0 unspecified atom stereocenters. The van der Waals surface area contributed by atoms with E-state index in [0.717, 1.165) is 5.75 Å². The summed E-state index contributed by atoms with van der Waals surface area (Å²) < 4.78 is 5.11. The van der Waals surface area contributed by atoms with E-state index < -0.39 is 0 Å². The Morgan fingerprint density at radius 1 is 0.778 bits per heavy atom. The SMILES string of the molecule is CC(C)c1ccc2ccccc2c1C(C)C.OCCOc1ccccc1.[Na]. The first-order valence-corrected chi connectivity index (χ1v) is 9.34. The van der Waals surface area contributed by atoms with Gasteiger partial charge in [-0.05, 0) is 45.9 Å². The second-order valence-electron chi connectivity index (χ2n) is 6.98. The fourth-order valence-corrected chi connectivity index (χ4v) is 3.14. The van der Waals surface area contributed by atoms with Crippen LogP contribution in [0.3, 0.4) is 0 Å². The predicted octanol–water partition coefficient (Wildman–Crippen LogP) is 5.76. The van der Waals surface area contributed by atoms with Gasteiger partial charge in [-0.3, -0.25) is 0 Å². The first-order valence-electron chi connectivity index (χ1n) is 9.34. The van der Waals surface area contributed by atoms with Gasteiger partial charge in [0.2, 0.25) is 0 Å². The average Bonchev–Trinajstić information content (AvgIpc) is 2.66. The molecule has 0 spiro atoms. The van der Waals surface area contributed by atoms with Gasteiger partial charge in [-0.1, -0.05) is 82.3 Å². The molecular weight excluding hydrogens is 343 g/mol. The number of rotatable bonds is 5. The summed E-state index contributed by atoms with van der Waals surface area (Å²) in [6, 6.07) is 22.7. The number of ether oxygens (including phenoxy) is 1. The largest absolute Gasteiger partial charge is 0.491 e. The molecule has 0 aliphatic heterocycles. The normalized spacial score (nSPS) is 10.3. The van der Waals surface area contributed by atoms with Crippen LogP contribution in [0.1, 0.15) is 50.7 Å². The summed E-state index contributed by atoms with van der Waals surface area (Å²) in [5.41, 5.74) is 3.02. The number of para-hydroxylation sites is 1. The zero-order valence-electron chi connectivity index (χ0n) is 17.3. The zero-order valence-corrected chi connectivity index (χ0v) is 19.3. The standard InChI is InChI=1S/C16H20.C8H10O2.Na/c1-11(2)14-10-9-13-7-5-6-8-15(13)16(14)12(3)4;9-6-7-10-8-4-2-1-3-5-8;/h5-12H,1-4H3;1-5,9H,6-7H2;. The fourth-order valence-electron chi connectivity index (χ4n) is 3.14. The van der Waals surface area contributed by atoms with Gasteiger partial charge < -0.3 is 9.84 Å². The van der Waals surface area contributed by atoms with Crippen molar-refractivity contribution in [2.24, 2.45) is 0 Å². The van der Waals surface area contributed by atoms with Crippen molar-refractivity contribution in [2.45, 2.75) is 39.5 Å². The molecule has 0 saturated carbocycles. The number of hydrogen-bond acceptors (Lipinski definition) is 2. The van der Waals surface area contributed by atoms with Gasteiger partial charge in [0.25, 0.3) is 0 Å². The smallest absolute Gasteiger partial charge is 0.119 e. The van der Waals surface area contributed by atoms with Crippen molar-refractivity contribution in [3.05, 3.63) is 77.9 Å². The topological polar surface area (TPSA) is 29.5 Å². The van der Waals surface area contributed by atoms with Crippen LogP contribution in [0.25, 0.3) is 10.8 Å².